The van der Waals surface area contributed by atoms with Crippen LogP contribution in [-0.2, 0) is 22.8 Å². The summed E-state index contributed by atoms with van der Waals surface area (Å²) in [6.07, 6.45) is 1.36. The summed E-state index contributed by atoms with van der Waals surface area (Å²) in [7, 11) is -3.26. The molecule has 2 aromatic carbocycles. The summed E-state index contributed by atoms with van der Waals surface area (Å²) < 4.78 is 50.8. The summed E-state index contributed by atoms with van der Waals surface area (Å²) in [5.41, 5.74) is 1.57. The van der Waals surface area contributed by atoms with Crippen molar-refractivity contribution in [2.45, 2.75) is 31.7 Å². The van der Waals surface area contributed by atoms with E-state index in [-0.39, 0.29) is 36.0 Å². The summed E-state index contributed by atoms with van der Waals surface area (Å²) in [4.78, 5) is 4.75. The number of hydrogen-bond donors (Lipinski definition) is 2. The first kappa shape index (κ1) is 25.3. The maximum absolute atomic E-state index is 13.7. The number of aryl methyl sites for hydroxylation is 1. The zero-order chi connectivity index (χ0) is 20.7. The Hall–Kier alpha value is -1.75. The minimum atomic E-state index is -3.26. The van der Waals surface area contributed by atoms with E-state index in [0.717, 1.165) is 5.56 Å². The number of benzene rings is 2. The lowest BCUT2D eigenvalue weighted by Crippen LogP contribution is -2.38. The molecule has 0 aromatic heterocycles. The number of aliphatic imine (C=N–C) groups is 1. The Labute approximate surface area is 188 Å². The smallest absolute Gasteiger partial charge is 0.191 e. The van der Waals surface area contributed by atoms with Crippen molar-refractivity contribution < 1.29 is 17.2 Å². The fourth-order valence-electron chi connectivity index (χ4n) is 2.82. The maximum Gasteiger partial charge on any atom is 0.191 e. The zero-order valence-corrected chi connectivity index (χ0v) is 19.8. The molecule has 2 rings (SSSR count). The van der Waals surface area contributed by atoms with Gasteiger partial charge in [-0.2, -0.15) is 0 Å². The molecule has 0 bridgehead atoms. The average Bonchev–Trinajstić information content (AvgIpc) is 2.61. The summed E-state index contributed by atoms with van der Waals surface area (Å²) in [6, 6.07) is 8.91. The van der Waals surface area contributed by atoms with Gasteiger partial charge in [0.25, 0.3) is 0 Å². The fourth-order valence-corrected chi connectivity index (χ4v) is 3.77. The van der Waals surface area contributed by atoms with E-state index >= 15 is 0 Å². The molecule has 0 saturated heterocycles. The topological polar surface area (TPSA) is 70.6 Å². The molecule has 5 nitrogen and oxygen atoms in total. The number of rotatable bonds is 7. The summed E-state index contributed by atoms with van der Waals surface area (Å²) in [5, 5.41) is 6.13. The second-order valence-electron chi connectivity index (χ2n) is 6.44. The van der Waals surface area contributed by atoms with Crippen LogP contribution in [0.15, 0.2) is 46.3 Å². The molecule has 0 heterocycles. The van der Waals surface area contributed by atoms with Crippen molar-refractivity contribution in [2.24, 2.45) is 4.99 Å². The molecule has 0 aliphatic heterocycles. The number of nitrogens with zero attached hydrogens (tertiary/aromatic N) is 1. The molecule has 0 aliphatic rings. The Kier molecular flexibility index (Phi) is 9.97. The van der Waals surface area contributed by atoms with Gasteiger partial charge < -0.3 is 10.6 Å². The molecule has 2 N–H and O–H groups in total. The Balaban J connectivity index is 0.00000420. The van der Waals surface area contributed by atoms with Crippen molar-refractivity contribution in [1.29, 1.82) is 0 Å². The third kappa shape index (κ3) is 7.54. The van der Waals surface area contributed by atoms with E-state index in [2.05, 4.69) is 15.6 Å². The van der Waals surface area contributed by atoms with Crippen molar-refractivity contribution in [2.75, 3.05) is 19.3 Å². The van der Waals surface area contributed by atoms with Crippen LogP contribution in [-0.4, -0.2) is 33.7 Å². The maximum atomic E-state index is 13.7. The summed E-state index contributed by atoms with van der Waals surface area (Å²) >= 11 is 0. The monoisotopic (exact) mass is 537 g/mol. The number of sulfone groups is 1. The van der Waals surface area contributed by atoms with Gasteiger partial charge in [0, 0.05) is 24.9 Å². The van der Waals surface area contributed by atoms with Gasteiger partial charge in [-0.25, -0.2) is 22.2 Å². The highest BCUT2D eigenvalue weighted by molar-refractivity contribution is 14.0. The van der Waals surface area contributed by atoms with E-state index in [1.807, 2.05) is 6.92 Å². The molecule has 160 valence electrons. The van der Waals surface area contributed by atoms with Gasteiger partial charge in [0.2, 0.25) is 0 Å². The van der Waals surface area contributed by atoms with E-state index in [4.69, 9.17) is 0 Å². The third-order valence-corrected chi connectivity index (χ3v) is 5.39. The standard InChI is InChI=1S/C20H25F2N3O2S.HI/c1-4-23-20(24-11-10-16-17(21)6-5-7-18(16)22)25-13-15-8-9-19(14(2)12-15)28(3,26)27;/h5-9,12H,4,10-11,13H2,1-3H3,(H2,23,24,25);1H. The van der Waals surface area contributed by atoms with E-state index in [0.29, 0.717) is 36.1 Å². The molecule has 0 fully saturated rings. The van der Waals surface area contributed by atoms with Crippen molar-refractivity contribution in [3.05, 3.63) is 64.7 Å². The van der Waals surface area contributed by atoms with Crippen molar-refractivity contribution >= 4 is 39.8 Å². The van der Waals surface area contributed by atoms with Crippen LogP contribution in [0.25, 0.3) is 0 Å². The minimum Gasteiger partial charge on any atom is -0.357 e. The Bertz CT molecular complexity index is 946. The van der Waals surface area contributed by atoms with Gasteiger partial charge >= 0.3 is 0 Å². The van der Waals surface area contributed by atoms with Gasteiger partial charge in [0.15, 0.2) is 15.8 Å². The molecule has 0 atom stereocenters. The lowest BCUT2D eigenvalue weighted by Gasteiger charge is -2.12. The van der Waals surface area contributed by atoms with E-state index in [1.165, 1.54) is 24.5 Å². The molecule has 0 radical (unpaired) electrons. The molecule has 0 saturated carbocycles. The van der Waals surface area contributed by atoms with Crippen LogP contribution in [0.5, 0.6) is 0 Å². The number of nitrogens with one attached hydrogen (secondary N) is 2. The normalized spacial score (nSPS) is 11.7. The van der Waals surface area contributed by atoms with Crippen molar-refractivity contribution in [3.8, 4) is 0 Å². The largest absolute Gasteiger partial charge is 0.357 e. The van der Waals surface area contributed by atoms with Gasteiger partial charge in [-0.05, 0) is 49.6 Å². The summed E-state index contributed by atoms with van der Waals surface area (Å²) in [5.74, 6) is -0.612. The molecule has 29 heavy (non-hydrogen) atoms. The Morgan fingerprint density at radius 3 is 2.31 bits per heavy atom. The van der Waals surface area contributed by atoms with Crippen LogP contribution in [0.2, 0.25) is 0 Å². The molecular weight excluding hydrogens is 511 g/mol. The Morgan fingerprint density at radius 1 is 1.10 bits per heavy atom. The van der Waals surface area contributed by atoms with E-state index in [1.54, 1.807) is 25.1 Å². The van der Waals surface area contributed by atoms with Gasteiger partial charge in [0.05, 0.1) is 11.4 Å². The van der Waals surface area contributed by atoms with Crippen LogP contribution in [0.4, 0.5) is 8.78 Å². The highest BCUT2D eigenvalue weighted by Crippen LogP contribution is 2.17. The molecular formula is C20H26F2IN3O2S. The fraction of sp³-hybridized carbons (Fsp3) is 0.350. The Morgan fingerprint density at radius 2 is 1.76 bits per heavy atom. The zero-order valence-electron chi connectivity index (χ0n) is 16.6. The van der Waals surface area contributed by atoms with E-state index < -0.39 is 21.5 Å². The highest BCUT2D eigenvalue weighted by Gasteiger charge is 2.11. The van der Waals surface area contributed by atoms with Gasteiger partial charge in [-0.3, -0.25) is 0 Å². The second-order valence-corrected chi connectivity index (χ2v) is 8.43. The van der Waals surface area contributed by atoms with E-state index in [9.17, 15) is 17.2 Å². The van der Waals surface area contributed by atoms with Crippen LogP contribution in [0, 0.1) is 18.6 Å². The van der Waals surface area contributed by atoms with Crippen molar-refractivity contribution in [3.63, 3.8) is 0 Å². The quantitative estimate of drug-likeness (QED) is 0.322. The first-order valence-corrected chi connectivity index (χ1v) is 10.9. The van der Waals surface area contributed by atoms with Crippen LogP contribution < -0.4 is 10.6 Å². The molecule has 2 aromatic rings. The average molecular weight is 537 g/mol. The number of guanidine groups is 1. The predicted molar refractivity (Wildman–Crippen MR) is 123 cm³/mol. The van der Waals surface area contributed by atoms with Crippen LogP contribution in [0.1, 0.15) is 23.6 Å². The predicted octanol–water partition coefficient (Wildman–Crippen LogP) is 3.59. The summed E-state index contributed by atoms with van der Waals surface area (Å²) in [6.45, 7) is 4.95. The van der Waals surface area contributed by atoms with Crippen LogP contribution >= 0.6 is 24.0 Å². The number of hydrogen-bond acceptors (Lipinski definition) is 3. The molecule has 0 unspecified atom stereocenters. The third-order valence-electron chi connectivity index (χ3n) is 4.13. The molecule has 0 aliphatic carbocycles. The highest BCUT2D eigenvalue weighted by atomic mass is 127. The van der Waals surface area contributed by atoms with Gasteiger partial charge in [-0.1, -0.05) is 18.2 Å². The lowest BCUT2D eigenvalue weighted by molar-refractivity contribution is 0.553. The second kappa shape index (κ2) is 11.4. The first-order chi connectivity index (χ1) is 13.2. The molecule has 9 heteroatoms. The van der Waals surface area contributed by atoms with Crippen LogP contribution in [0.3, 0.4) is 0 Å². The van der Waals surface area contributed by atoms with Gasteiger partial charge in [-0.15, -0.1) is 24.0 Å². The minimum absolute atomic E-state index is 0. The first-order valence-electron chi connectivity index (χ1n) is 8.97. The van der Waals surface area contributed by atoms with Gasteiger partial charge in [0.1, 0.15) is 11.6 Å². The SMILES string of the molecule is CCNC(=NCc1ccc(S(C)(=O)=O)c(C)c1)NCCc1c(F)cccc1F.I. The number of halogens is 3. The molecule has 0 amide bonds. The van der Waals surface area contributed by atoms with Crippen molar-refractivity contribution in [1.82, 2.24) is 10.6 Å². The molecule has 0 spiro atoms. The lowest BCUT2D eigenvalue weighted by atomic mass is 10.1.